The topological polar surface area (TPSA) is 57.6 Å². The Morgan fingerprint density at radius 1 is 1.00 bits per heavy atom. The van der Waals surface area contributed by atoms with Crippen molar-refractivity contribution in [1.82, 2.24) is 19.7 Å². The number of hydrogen-bond donors (Lipinski definition) is 1. The molecular weight excluding hydrogens is 412 g/mol. The first-order valence-electron chi connectivity index (χ1n) is 11.6. The first kappa shape index (κ1) is 22.6. The molecule has 1 aliphatic heterocycles. The smallest absolute Gasteiger partial charge is 0.318 e. The van der Waals surface area contributed by atoms with Gasteiger partial charge in [0.2, 0.25) is 5.91 Å². The van der Waals surface area contributed by atoms with E-state index in [9.17, 15) is 9.59 Å². The Hall–Kier alpha value is -3.54. The third-order valence-electron chi connectivity index (χ3n) is 6.15. The fraction of sp³-hybridized carbons (Fsp3) is 0.333. The molecule has 4 rings (SSSR count). The number of hydrogen-bond acceptors (Lipinski definition) is 2. The van der Waals surface area contributed by atoms with E-state index in [0.717, 1.165) is 29.8 Å². The Morgan fingerprint density at radius 2 is 1.76 bits per heavy atom. The fourth-order valence-electron chi connectivity index (χ4n) is 4.41. The molecule has 172 valence electrons. The molecular formula is C27H32N4O2. The van der Waals surface area contributed by atoms with Crippen molar-refractivity contribution < 1.29 is 9.59 Å². The SMILES string of the molecule is CCCN(CC(=O)N1CCn2cccc2[C@@H]1c1ccc(C)cc1)C(=O)NCc1ccccc1. The van der Waals surface area contributed by atoms with Gasteiger partial charge >= 0.3 is 6.03 Å². The highest BCUT2D eigenvalue weighted by Crippen LogP contribution is 2.32. The van der Waals surface area contributed by atoms with E-state index < -0.39 is 0 Å². The molecule has 6 heteroatoms. The molecule has 1 N–H and O–H groups in total. The van der Waals surface area contributed by atoms with Crippen molar-refractivity contribution >= 4 is 11.9 Å². The summed E-state index contributed by atoms with van der Waals surface area (Å²) in [6, 6.07) is 21.9. The molecule has 0 bridgehead atoms. The van der Waals surface area contributed by atoms with Crippen LogP contribution >= 0.6 is 0 Å². The van der Waals surface area contributed by atoms with Crippen LogP contribution in [-0.2, 0) is 17.9 Å². The molecule has 0 fully saturated rings. The largest absolute Gasteiger partial charge is 0.348 e. The highest BCUT2D eigenvalue weighted by atomic mass is 16.2. The fourth-order valence-corrected chi connectivity index (χ4v) is 4.41. The van der Waals surface area contributed by atoms with Crippen molar-refractivity contribution in [2.24, 2.45) is 0 Å². The number of amides is 3. The summed E-state index contributed by atoms with van der Waals surface area (Å²) in [6.07, 6.45) is 2.86. The van der Waals surface area contributed by atoms with E-state index in [2.05, 4.69) is 53.3 Å². The van der Waals surface area contributed by atoms with Gasteiger partial charge in [-0.2, -0.15) is 0 Å². The number of urea groups is 1. The molecule has 1 aliphatic rings. The van der Waals surface area contributed by atoms with Crippen LogP contribution in [0.15, 0.2) is 72.9 Å². The molecule has 3 aromatic rings. The van der Waals surface area contributed by atoms with Crippen molar-refractivity contribution in [1.29, 1.82) is 0 Å². The minimum atomic E-state index is -0.207. The molecule has 0 unspecified atom stereocenters. The lowest BCUT2D eigenvalue weighted by Crippen LogP contribution is -2.50. The molecule has 0 radical (unpaired) electrons. The Labute approximate surface area is 195 Å². The molecule has 0 aliphatic carbocycles. The van der Waals surface area contributed by atoms with Gasteiger partial charge in [-0.05, 0) is 36.6 Å². The third-order valence-corrected chi connectivity index (χ3v) is 6.15. The first-order valence-corrected chi connectivity index (χ1v) is 11.6. The van der Waals surface area contributed by atoms with Crippen molar-refractivity contribution in [3.05, 3.63) is 95.3 Å². The van der Waals surface area contributed by atoms with E-state index in [4.69, 9.17) is 0 Å². The second-order valence-electron chi connectivity index (χ2n) is 8.59. The zero-order valence-corrected chi connectivity index (χ0v) is 19.4. The lowest BCUT2D eigenvalue weighted by Gasteiger charge is -2.38. The van der Waals surface area contributed by atoms with Crippen LogP contribution in [0.25, 0.3) is 0 Å². The summed E-state index contributed by atoms with van der Waals surface area (Å²) in [5.41, 5.74) is 4.41. The van der Waals surface area contributed by atoms with E-state index in [1.807, 2.05) is 48.2 Å². The van der Waals surface area contributed by atoms with Crippen molar-refractivity contribution in [2.45, 2.75) is 39.4 Å². The number of carbonyl (C=O) groups is 2. The van der Waals surface area contributed by atoms with Gasteiger partial charge in [0.1, 0.15) is 6.54 Å². The summed E-state index contributed by atoms with van der Waals surface area (Å²) >= 11 is 0. The van der Waals surface area contributed by atoms with Gasteiger partial charge < -0.3 is 19.7 Å². The average molecular weight is 445 g/mol. The van der Waals surface area contributed by atoms with Crippen LogP contribution in [0.1, 0.15) is 41.8 Å². The van der Waals surface area contributed by atoms with E-state index in [0.29, 0.717) is 19.6 Å². The summed E-state index contributed by atoms with van der Waals surface area (Å²) in [7, 11) is 0. The lowest BCUT2D eigenvalue weighted by atomic mass is 9.98. The van der Waals surface area contributed by atoms with E-state index in [1.54, 1.807) is 4.90 Å². The number of fused-ring (bicyclic) bond motifs is 1. The molecule has 2 aromatic carbocycles. The molecule has 1 atom stereocenters. The zero-order valence-electron chi connectivity index (χ0n) is 19.4. The number of benzene rings is 2. The molecule has 0 saturated heterocycles. The van der Waals surface area contributed by atoms with Crippen LogP contribution in [0.3, 0.4) is 0 Å². The quantitative estimate of drug-likeness (QED) is 0.589. The Morgan fingerprint density at radius 3 is 2.48 bits per heavy atom. The third kappa shape index (κ3) is 5.28. The molecule has 2 heterocycles. The number of aryl methyl sites for hydroxylation is 1. The van der Waals surface area contributed by atoms with Crippen LogP contribution in [0.5, 0.6) is 0 Å². The first-order chi connectivity index (χ1) is 16.1. The number of nitrogens with one attached hydrogen (secondary N) is 1. The summed E-state index contributed by atoms with van der Waals surface area (Å²) in [5, 5.41) is 2.96. The van der Waals surface area contributed by atoms with Crippen LogP contribution in [0, 0.1) is 6.92 Å². The summed E-state index contributed by atoms with van der Waals surface area (Å²) < 4.78 is 2.21. The predicted octanol–water partition coefficient (Wildman–Crippen LogP) is 4.35. The second-order valence-corrected chi connectivity index (χ2v) is 8.59. The molecule has 6 nitrogen and oxygen atoms in total. The number of aromatic nitrogens is 1. The van der Waals surface area contributed by atoms with Gasteiger partial charge in [-0.15, -0.1) is 0 Å². The molecule has 3 amide bonds. The van der Waals surface area contributed by atoms with Crippen molar-refractivity contribution in [3.8, 4) is 0 Å². The molecule has 1 aromatic heterocycles. The molecule has 0 saturated carbocycles. The highest BCUT2D eigenvalue weighted by molar-refractivity contribution is 5.84. The van der Waals surface area contributed by atoms with Crippen LogP contribution in [0.2, 0.25) is 0 Å². The van der Waals surface area contributed by atoms with Gasteiger partial charge in [0.05, 0.1) is 6.04 Å². The second kappa shape index (κ2) is 10.4. The number of carbonyl (C=O) groups excluding carboxylic acids is 2. The predicted molar refractivity (Wildman–Crippen MR) is 130 cm³/mol. The van der Waals surface area contributed by atoms with Gasteiger partial charge in [-0.1, -0.05) is 67.1 Å². The summed E-state index contributed by atoms with van der Waals surface area (Å²) in [5.74, 6) is -0.0312. The maximum absolute atomic E-state index is 13.5. The van der Waals surface area contributed by atoms with Gasteiger partial charge in [0.25, 0.3) is 0 Å². The van der Waals surface area contributed by atoms with Gasteiger partial charge in [0, 0.05) is 38.1 Å². The van der Waals surface area contributed by atoms with Crippen molar-refractivity contribution in [3.63, 3.8) is 0 Å². The minimum Gasteiger partial charge on any atom is -0.348 e. The Bertz CT molecular complexity index is 1080. The van der Waals surface area contributed by atoms with Gasteiger partial charge in [-0.3, -0.25) is 4.79 Å². The molecule has 0 spiro atoms. The number of nitrogens with zero attached hydrogens (tertiary/aromatic N) is 3. The zero-order chi connectivity index (χ0) is 23.2. The summed E-state index contributed by atoms with van der Waals surface area (Å²) in [4.78, 5) is 30.0. The minimum absolute atomic E-state index is 0.0312. The highest BCUT2D eigenvalue weighted by Gasteiger charge is 2.33. The Kier molecular flexibility index (Phi) is 7.13. The lowest BCUT2D eigenvalue weighted by molar-refractivity contribution is -0.134. The van der Waals surface area contributed by atoms with Crippen molar-refractivity contribution in [2.75, 3.05) is 19.6 Å². The van der Waals surface area contributed by atoms with E-state index in [1.165, 1.54) is 5.56 Å². The Balaban J connectivity index is 1.50. The van der Waals surface area contributed by atoms with Gasteiger partial charge in [-0.25, -0.2) is 4.79 Å². The van der Waals surface area contributed by atoms with Crippen LogP contribution in [-0.4, -0.2) is 45.9 Å². The number of rotatable bonds is 7. The summed E-state index contributed by atoms with van der Waals surface area (Å²) in [6.45, 7) is 6.49. The normalized spacial score (nSPS) is 15.1. The molecule has 33 heavy (non-hydrogen) atoms. The maximum Gasteiger partial charge on any atom is 0.318 e. The van der Waals surface area contributed by atoms with E-state index in [-0.39, 0.29) is 24.5 Å². The monoisotopic (exact) mass is 444 g/mol. The standard InChI is InChI=1S/C27H32N4O2/c1-3-15-30(27(33)28-19-22-8-5-4-6-9-22)20-25(32)31-18-17-29-16-7-10-24(29)26(31)23-13-11-21(2)12-14-23/h4-14,16,26H,3,15,17-20H2,1-2H3,(H,28,33)/t26-/m0/s1. The maximum atomic E-state index is 13.5. The van der Waals surface area contributed by atoms with Crippen LogP contribution in [0.4, 0.5) is 4.79 Å². The average Bonchev–Trinajstić information content (AvgIpc) is 3.32. The van der Waals surface area contributed by atoms with Crippen LogP contribution < -0.4 is 5.32 Å². The van der Waals surface area contributed by atoms with E-state index >= 15 is 0 Å². The van der Waals surface area contributed by atoms with Gasteiger partial charge in [0.15, 0.2) is 0 Å².